The first kappa shape index (κ1) is 10.5. The molecule has 2 heterocycles. The Hall–Kier alpha value is -1.68. The van der Waals surface area contributed by atoms with Gasteiger partial charge in [0.1, 0.15) is 10.1 Å². The minimum absolute atomic E-state index is 0.756. The Kier molecular flexibility index (Phi) is 2.44. The smallest absolute Gasteiger partial charge is 0.163 e. The summed E-state index contributed by atoms with van der Waals surface area (Å²) < 4.78 is 2.79. The van der Waals surface area contributed by atoms with Crippen LogP contribution in [0, 0.1) is 6.92 Å². The zero-order chi connectivity index (χ0) is 11.8. The molecule has 0 aliphatic carbocycles. The fourth-order valence-electron chi connectivity index (χ4n) is 1.80. The van der Waals surface area contributed by atoms with E-state index in [0.29, 0.717) is 0 Å². The van der Waals surface area contributed by atoms with Gasteiger partial charge in [0.25, 0.3) is 0 Å². The van der Waals surface area contributed by atoms with Gasteiger partial charge in [0.2, 0.25) is 0 Å². The van der Waals surface area contributed by atoms with Crippen LogP contribution in [-0.4, -0.2) is 14.5 Å². The molecule has 0 N–H and O–H groups in total. The highest BCUT2D eigenvalue weighted by Crippen LogP contribution is 2.19. The third-order valence-electron chi connectivity index (χ3n) is 2.67. The number of benzene rings is 1. The van der Waals surface area contributed by atoms with Crippen LogP contribution in [0.4, 0.5) is 0 Å². The Balaban J connectivity index is 2.21. The van der Waals surface area contributed by atoms with E-state index in [9.17, 15) is 0 Å². The molecule has 17 heavy (non-hydrogen) atoms. The van der Waals surface area contributed by atoms with Crippen molar-refractivity contribution in [3.63, 3.8) is 0 Å². The zero-order valence-electron chi connectivity index (χ0n) is 9.26. The summed E-state index contributed by atoms with van der Waals surface area (Å²) in [7, 11) is 0. The highest BCUT2D eigenvalue weighted by molar-refractivity contribution is 9.10. The molecule has 0 bridgehead atoms. The summed E-state index contributed by atoms with van der Waals surface area (Å²) in [5.74, 6) is 0. The monoisotopic (exact) mass is 287 g/mol. The Morgan fingerprint density at radius 1 is 1.12 bits per heavy atom. The number of aryl methyl sites for hydroxylation is 1. The Morgan fingerprint density at radius 2 is 1.88 bits per heavy atom. The number of hydrogen-bond donors (Lipinski definition) is 0. The molecular weight excluding hydrogens is 278 g/mol. The predicted molar refractivity (Wildman–Crippen MR) is 71.3 cm³/mol. The summed E-state index contributed by atoms with van der Waals surface area (Å²) in [6.45, 7) is 2.08. The van der Waals surface area contributed by atoms with Gasteiger partial charge in [0, 0.05) is 11.9 Å². The molecule has 2 aromatic heterocycles. The van der Waals surface area contributed by atoms with Gasteiger partial charge in [-0.3, -0.25) is 4.57 Å². The quantitative estimate of drug-likeness (QED) is 0.686. The van der Waals surface area contributed by atoms with E-state index in [2.05, 4.69) is 57.1 Å². The van der Waals surface area contributed by atoms with Crippen molar-refractivity contribution < 1.29 is 0 Å². The van der Waals surface area contributed by atoms with Crippen LogP contribution in [0.2, 0.25) is 0 Å². The third-order valence-corrected chi connectivity index (χ3v) is 3.05. The Bertz CT molecular complexity index is 671. The maximum Gasteiger partial charge on any atom is 0.163 e. The second kappa shape index (κ2) is 3.96. The molecule has 0 spiro atoms. The van der Waals surface area contributed by atoms with Crippen LogP contribution in [0.3, 0.4) is 0 Å². The van der Waals surface area contributed by atoms with Crippen LogP contribution < -0.4 is 0 Å². The molecule has 3 rings (SSSR count). The molecule has 0 fully saturated rings. The molecule has 0 amide bonds. The molecule has 0 aliphatic heterocycles. The van der Waals surface area contributed by atoms with Crippen LogP contribution in [0.1, 0.15) is 5.56 Å². The van der Waals surface area contributed by atoms with Crippen molar-refractivity contribution in [2.45, 2.75) is 6.92 Å². The lowest BCUT2D eigenvalue weighted by atomic mass is 10.2. The lowest BCUT2D eigenvalue weighted by Crippen LogP contribution is -1.94. The van der Waals surface area contributed by atoms with Crippen molar-refractivity contribution in [2.75, 3.05) is 0 Å². The number of rotatable bonds is 1. The third kappa shape index (κ3) is 1.85. The minimum atomic E-state index is 0.756. The van der Waals surface area contributed by atoms with E-state index in [1.54, 1.807) is 6.20 Å². The SMILES string of the molecule is Cc1ccc(-n2ccc3nc(Br)cnc32)cc1. The van der Waals surface area contributed by atoms with Crippen LogP contribution in [0.25, 0.3) is 16.9 Å². The summed E-state index contributed by atoms with van der Waals surface area (Å²) >= 11 is 3.32. The van der Waals surface area contributed by atoms with E-state index in [1.807, 2.05) is 16.8 Å². The first-order chi connectivity index (χ1) is 8.24. The number of halogens is 1. The first-order valence-electron chi connectivity index (χ1n) is 5.31. The summed E-state index contributed by atoms with van der Waals surface area (Å²) in [6.07, 6.45) is 3.70. The lowest BCUT2D eigenvalue weighted by Gasteiger charge is -2.04. The van der Waals surface area contributed by atoms with E-state index in [0.717, 1.165) is 21.5 Å². The van der Waals surface area contributed by atoms with Gasteiger partial charge in [-0.2, -0.15) is 0 Å². The summed E-state index contributed by atoms with van der Waals surface area (Å²) in [5, 5.41) is 0. The fraction of sp³-hybridized carbons (Fsp3) is 0.0769. The predicted octanol–water partition coefficient (Wildman–Crippen LogP) is 3.49. The van der Waals surface area contributed by atoms with Gasteiger partial charge in [0.05, 0.1) is 6.20 Å². The average molecular weight is 288 g/mol. The van der Waals surface area contributed by atoms with Gasteiger partial charge in [-0.1, -0.05) is 17.7 Å². The lowest BCUT2D eigenvalue weighted by molar-refractivity contribution is 1.08. The van der Waals surface area contributed by atoms with Gasteiger partial charge in [-0.05, 0) is 41.1 Å². The van der Waals surface area contributed by atoms with Crippen molar-refractivity contribution in [2.24, 2.45) is 0 Å². The zero-order valence-corrected chi connectivity index (χ0v) is 10.8. The van der Waals surface area contributed by atoms with Gasteiger partial charge < -0.3 is 0 Å². The van der Waals surface area contributed by atoms with E-state index < -0.39 is 0 Å². The van der Waals surface area contributed by atoms with Crippen molar-refractivity contribution in [3.8, 4) is 5.69 Å². The van der Waals surface area contributed by atoms with Gasteiger partial charge in [-0.25, -0.2) is 9.97 Å². The van der Waals surface area contributed by atoms with E-state index in [-0.39, 0.29) is 0 Å². The van der Waals surface area contributed by atoms with Crippen LogP contribution >= 0.6 is 15.9 Å². The van der Waals surface area contributed by atoms with Crippen LogP contribution in [0.5, 0.6) is 0 Å². The molecule has 0 atom stereocenters. The molecule has 1 aromatic carbocycles. The molecule has 84 valence electrons. The maximum atomic E-state index is 4.39. The maximum absolute atomic E-state index is 4.39. The molecule has 3 aromatic rings. The van der Waals surface area contributed by atoms with E-state index in [1.165, 1.54) is 5.56 Å². The molecule has 0 saturated carbocycles. The highest BCUT2D eigenvalue weighted by atomic mass is 79.9. The van der Waals surface area contributed by atoms with Gasteiger partial charge in [0.15, 0.2) is 5.65 Å². The Labute approximate surface area is 107 Å². The van der Waals surface area contributed by atoms with Crippen molar-refractivity contribution in [1.82, 2.24) is 14.5 Å². The molecule has 4 heteroatoms. The molecular formula is C13H10BrN3. The molecule has 0 radical (unpaired) electrons. The summed E-state index contributed by atoms with van der Waals surface area (Å²) in [4.78, 5) is 8.77. The standard InChI is InChI=1S/C13H10BrN3/c1-9-2-4-10(5-3-9)17-7-6-11-13(17)15-8-12(14)16-11/h2-8H,1H3. The average Bonchev–Trinajstić information content (AvgIpc) is 2.73. The highest BCUT2D eigenvalue weighted by Gasteiger charge is 2.05. The van der Waals surface area contributed by atoms with Crippen molar-refractivity contribution in [3.05, 3.63) is 52.9 Å². The number of nitrogens with zero attached hydrogens (tertiary/aromatic N) is 3. The second-order valence-electron chi connectivity index (χ2n) is 3.92. The van der Waals surface area contributed by atoms with Crippen molar-refractivity contribution >= 4 is 27.1 Å². The van der Waals surface area contributed by atoms with Crippen molar-refractivity contribution in [1.29, 1.82) is 0 Å². The molecule has 0 unspecified atom stereocenters. The topological polar surface area (TPSA) is 30.7 Å². The van der Waals surface area contributed by atoms with E-state index >= 15 is 0 Å². The number of hydrogen-bond acceptors (Lipinski definition) is 2. The second-order valence-corrected chi connectivity index (χ2v) is 4.74. The largest absolute Gasteiger partial charge is 0.300 e. The first-order valence-corrected chi connectivity index (χ1v) is 6.10. The molecule has 0 aliphatic rings. The van der Waals surface area contributed by atoms with Crippen LogP contribution in [-0.2, 0) is 0 Å². The molecule has 3 nitrogen and oxygen atoms in total. The van der Waals surface area contributed by atoms with Gasteiger partial charge >= 0.3 is 0 Å². The summed E-state index contributed by atoms with van der Waals surface area (Å²) in [5.41, 5.74) is 4.11. The van der Waals surface area contributed by atoms with Gasteiger partial charge in [-0.15, -0.1) is 0 Å². The van der Waals surface area contributed by atoms with Crippen LogP contribution in [0.15, 0.2) is 47.3 Å². The summed E-state index contributed by atoms with van der Waals surface area (Å²) in [6, 6.07) is 10.3. The normalized spacial score (nSPS) is 10.9. The Morgan fingerprint density at radius 3 is 2.65 bits per heavy atom. The fourth-order valence-corrected chi connectivity index (χ4v) is 2.09. The minimum Gasteiger partial charge on any atom is -0.300 e. The number of fused-ring (bicyclic) bond motifs is 1. The number of aromatic nitrogens is 3. The van der Waals surface area contributed by atoms with E-state index in [4.69, 9.17) is 0 Å². The molecule has 0 saturated heterocycles.